The van der Waals surface area contributed by atoms with Crippen molar-refractivity contribution in [2.24, 2.45) is 7.05 Å². The largest absolute Gasteiger partial charge is 0.350 e. The van der Waals surface area contributed by atoms with Crippen molar-refractivity contribution in [3.05, 3.63) is 11.9 Å². The molecule has 1 fully saturated rings. The van der Waals surface area contributed by atoms with Crippen LogP contribution in [0.4, 0.5) is 5.95 Å². The Morgan fingerprint density at radius 3 is 2.74 bits per heavy atom. The second kappa shape index (κ2) is 6.88. The lowest BCUT2D eigenvalue weighted by Gasteiger charge is -2.31. The normalized spacial score (nSPS) is 21.1. The number of aromatic nitrogens is 2. The molecule has 1 aliphatic heterocycles. The Kier molecular flexibility index (Phi) is 5.30. The molecule has 1 amide bonds. The lowest BCUT2D eigenvalue weighted by Crippen LogP contribution is -2.48. The number of anilines is 1. The van der Waals surface area contributed by atoms with Crippen LogP contribution in [0.3, 0.4) is 0 Å². The highest BCUT2D eigenvalue weighted by molar-refractivity contribution is 7.91. The van der Waals surface area contributed by atoms with Crippen molar-refractivity contribution in [3.8, 4) is 0 Å². The molecule has 1 saturated heterocycles. The number of carbonyl (C=O) groups is 1. The van der Waals surface area contributed by atoms with Gasteiger partial charge in [-0.15, -0.1) is 0 Å². The molecule has 1 aromatic rings. The van der Waals surface area contributed by atoms with E-state index >= 15 is 0 Å². The van der Waals surface area contributed by atoms with Crippen molar-refractivity contribution in [1.82, 2.24) is 19.8 Å². The molecular weight excluding hydrogens is 318 g/mol. The molecule has 23 heavy (non-hydrogen) atoms. The molecule has 0 spiro atoms. The van der Waals surface area contributed by atoms with Gasteiger partial charge >= 0.3 is 0 Å². The molecule has 130 valence electrons. The molecule has 0 radical (unpaired) electrons. The summed E-state index contributed by atoms with van der Waals surface area (Å²) in [4.78, 5) is 20.2. The van der Waals surface area contributed by atoms with E-state index in [1.807, 2.05) is 42.6 Å². The van der Waals surface area contributed by atoms with E-state index in [0.717, 1.165) is 11.6 Å². The Morgan fingerprint density at radius 1 is 1.43 bits per heavy atom. The van der Waals surface area contributed by atoms with Crippen LogP contribution in [-0.4, -0.2) is 74.0 Å². The number of carbonyl (C=O) groups excluding carboxylic acids is 1. The van der Waals surface area contributed by atoms with Gasteiger partial charge in [-0.2, -0.15) is 0 Å². The summed E-state index contributed by atoms with van der Waals surface area (Å²) in [6.07, 6.45) is 1.92. The summed E-state index contributed by atoms with van der Waals surface area (Å²) in [5, 5.41) is 2.85. The summed E-state index contributed by atoms with van der Waals surface area (Å²) in [6, 6.07) is -0.252. The Morgan fingerprint density at radius 2 is 2.13 bits per heavy atom. The van der Waals surface area contributed by atoms with Crippen LogP contribution in [-0.2, 0) is 28.2 Å². The van der Waals surface area contributed by atoms with Crippen LogP contribution in [0.1, 0.15) is 12.1 Å². The molecule has 2 rings (SSSR count). The zero-order chi connectivity index (χ0) is 17.2. The maximum absolute atomic E-state index is 12.1. The van der Waals surface area contributed by atoms with E-state index < -0.39 is 9.84 Å². The molecule has 1 aromatic heterocycles. The molecule has 9 heteroatoms. The first-order valence-electron chi connectivity index (χ1n) is 7.55. The van der Waals surface area contributed by atoms with Crippen LogP contribution in [0.25, 0.3) is 0 Å². The van der Waals surface area contributed by atoms with Gasteiger partial charge in [-0.3, -0.25) is 4.79 Å². The quantitative estimate of drug-likeness (QED) is 0.755. The number of amides is 1. The Bertz CT molecular complexity index is 668. The fourth-order valence-corrected chi connectivity index (χ4v) is 4.36. The lowest BCUT2D eigenvalue weighted by molar-refractivity contribution is -0.122. The van der Waals surface area contributed by atoms with Crippen molar-refractivity contribution in [2.75, 3.05) is 44.1 Å². The summed E-state index contributed by atoms with van der Waals surface area (Å²) in [5.74, 6) is 0.885. The third-order valence-corrected chi connectivity index (χ3v) is 5.87. The molecule has 0 aromatic carbocycles. The summed E-state index contributed by atoms with van der Waals surface area (Å²) in [6.45, 7) is 0.855. The van der Waals surface area contributed by atoms with Crippen molar-refractivity contribution in [3.63, 3.8) is 0 Å². The number of hydrogen-bond acceptors (Lipinski definition) is 6. The van der Waals surface area contributed by atoms with E-state index in [9.17, 15) is 13.2 Å². The van der Waals surface area contributed by atoms with Crippen LogP contribution >= 0.6 is 0 Å². The van der Waals surface area contributed by atoms with E-state index in [-0.39, 0.29) is 29.9 Å². The van der Waals surface area contributed by atoms with Crippen molar-refractivity contribution in [1.29, 1.82) is 0 Å². The van der Waals surface area contributed by atoms with Gasteiger partial charge in [0.05, 0.1) is 29.9 Å². The average molecular weight is 343 g/mol. The van der Waals surface area contributed by atoms with E-state index in [1.54, 1.807) is 6.20 Å². The molecule has 0 saturated carbocycles. The van der Waals surface area contributed by atoms with Crippen LogP contribution in [0.15, 0.2) is 6.20 Å². The van der Waals surface area contributed by atoms with Crippen molar-refractivity contribution in [2.45, 2.75) is 19.0 Å². The standard InChI is InChI=1S/C14H25N5O3S/c1-17(2)14-16-9-12(19(14)4)8-15-13(20)7-11-10-23(21,22)6-5-18(11)3/h9,11H,5-8,10H2,1-4H3,(H,15,20). The molecule has 2 heterocycles. The van der Waals surface area contributed by atoms with Crippen LogP contribution < -0.4 is 10.2 Å². The second-order valence-electron chi connectivity index (χ2n) is 6.23. The first-order chi connectivity index (χ1) is 10.7. The van der Waals surface area contributed by atoms with Gasteiger partial charge in [0.2, 0.25) is 11.9 Å². The molecule has 1 unspecified atom stereocenters. The van der Waals surface area contributed by atoms with Gasteiger partial charge < -0.3 is 19.7 Å². The third kappa shape index (κ3) is 4.44. The van der Waals surface area contributed by atoms with Gasteiger partial charge in [-0.25, -0.2) is 13.4 Å². The van der Waals surface area contributed by atoms with Gasteiger partial charge in [0.25, 0.3) is 0 Å². The Labute approximate surface area is 137 Å². The van der Waals surface area contributed by atoms with Crippen LogP contribution in [0, 0.1) is 0 Å². The number of imidazole rings is 1. The topological polar surface area (TPSA) is 87.5 Å². The molecule has 1 N–H and O–H groups in total. The van der Waals surface area contributed by atoms with Crippen molar-refractivity contribution < 1.29 is 13.2 Å². The summed E-state index contributed by atoms with van der Waals surface area (Å²) in [7, 11) is 4.53. The predicted molar refractivity (Wildman–Crippen MR) is 89.1 cm³/mol. The zero-order valence-electron chi connectivity index (χ0n) is 14.1. The highest BCUT2D eigenvalue weighted by atomic mass is 32.2. The molecular formula is C14H25N5O3S. The summed E-state index contributed by atoms with van der Waals surface area (Å²) < 4.78 is 25.3. The fraction of sp³-hybridized carbons (Fsp3) is 0.714. The van der Waals surface area contributed by atoms with E-state index in [0.29, 0.717) is 13.1 Å². The van der Waals surface area contributed by atoms with Gasteiger partial charge in [-0.1, -0.05) is 0 Å². The Hall–Kier alpha value is -1.61. The van der Waals surface area contributed by atoms with E-state index in [1.165, 1.54) is 0 Å². The minimum atomic E-state index is -3.03. The third-order valence-electron chi connectivity index (χ3n) is 4.17. The van der Waals surface area contributed by atoms with Gasteiger partial charge in [0.1, 0.15) is 0 Å². The molecule has 1 aliphatic rings. The second-order valence-corrected chi connectivity index (χ2v) is 8.46. The van der Waals surface area contributed by atoms with Crippen LogP contribution in [0.5, 0.6) is 0 Å². The first kappa shape index (κ1) is 17.7. The maximum atomic E-state index is 12.1. The zero-order valence-corrected chi connectivity index (χ0v) is 14.9. The Balaban J connectivity index is 1.90. The van der Waals surface area contributed by atoms with Gasteiger partial charge in [0.15, 0.2) is 9.84 Å². The monoisotopic (exact) mass is 343 g/mol. The van der Waals surface area contributed by atoms with Crippen molar-refractivity contribution >= 4 is 21.7 Å². The first-order valence-corrected chi connectivity index (χ1v) is 9.37. The smallest absolute Gasteiger partial charge is 0.221 e. The fourth-order valence-electron chi connectivity index (χ4n) is 2.67. The highest BCUT2D eigenvalue weighted by Crippen LogP contribution is 2.14. The van der Waals surface area contributed by atoms with E-state index in [2.05, 4.69) is 10.3 Å². The summed E-state index contributed by atoms with van der Waals surface area (Å²) >= 11 is 0. The van der Waals surface area contributed by atoms with Gasteiger partial charge in [0, 0.05) is 40.2 Å². The highest BCUT2D eigenvalue weighted by Gasteiger charge is 2.30. The minimum absolute atomic E-state index is 0.0490. The molecule has 8 nitrogen and oxygen atoms in total. The van der Waals surface area contributed by atoms with Crippen LogP contribution in [0.2, 0.25) is 0 Å². The lowest BCUT2D eigenvalue weighted by atomic mass is 10.2. The molecule has 1 atom stereocenters. The number of hydrogen-bond donors (Lipinski definition) is 1. The number of nitrogens with zero attached hydrogens (tertiary/aromatic N) is 4. The predicted octanol–water partition coefficient (Wildman–Crippen LogP) is -0.779. The number of nitrogens with one attached hydrogen (secondary N) is 1. The molecule has 0 bridgehead atoms. The van der Waals surface area contributed by atoms with Gasteiger partial charge in [-0.05, 0) is 7.05 Å². The maximum Gasteiger partial charge on any atom is 0.221 e. The number of sulfone groups is 1. The average Bonchev–Trinajstić information content (AvgIpc) is 2.82. The molecule has 0 aliphatic carbocycles. The summed E-state index contributed by atoms with van der Waals surface area (Å²) in [5.41, 5.74) is 0.895. The SMILES string of the molecule is CN(C)c1ncc(CNC(=O)CC2CS(=O)(=O)CCN2C)n1C. The minimum Gasteiger partial charge on any atom is -0.350 e. The number of rotatable bonds is 5. The van der Waals surface area contributed by atoms with E-state index in [4.69, 9.17) is 0 Å².